The Bertz CT molecular complexity index is 933. The highest BCUT2D eigenvalue weighted by atomic mass is 35.5. The minimum atomic E-state index is -0.455. The fraction of sp³-hybridized carbons (Fsp3) is 0.300. The minimum Gasteiger partial charge on any atom is -0.378 e. The fourth-order valence-corrected chi connectivity index (χ4v) is 3.87. The van der Waals surface area contributed by atoms with Gasteiger partial charge in [0.25, 0.3) is 11.6 Å². The summed E-state index contributed by atoms with van der Waals surface area (Å²) in [5.74, 6) is -0.274. The van der Waals surface area contributed by atoms with E-state index in [-0.39, 0.29) is 16.8 Å². The molecular weight excluding hydrogens is 428 g/mol. The number of halogens is 1. The first-order valence-corrected chi connectivity index (χ1v) is 10.6. The smallest absolute Gasteiger partial charge is 0.270 e. The van der Waals surface area contributed by atoms with Gasteiger partial charge in [-0.05, 0) is 37.3 Å². The molecule has 1 heterocycles. The van der Waals surface area contributed by atoms with Crippen LogP contribution in [0.15, 0.2) is 52.5 Å². The number of carbonyl (C=O) groups excluding carboxylic acids is 1. The highest BCUT2D eigenvalue weighted by molar-refractivity contribution is 8.00. The predicted octanol–water partition coefficient (Wildman–Crippen LogP) is 3.72. The molecule has 2 aromatic rings. The van der Waals surface area contributed by atoms with Crippen LogP contribution in [-0.2, 0) is 9.53 Å². The van der Waals surface area contributed by atoms with Crippen molar-refractivity contribution in [1.29, 1.82) is 0 Å². The molecule has 2 aromatic carbocycles. The number of rotatable bonds is 7. The van der Waals surface area contributed by atoms with Crippen LogP contribution in [0.1, 0.15) is 12.5 Å². The first kappa shape index (κ1) is 22.1. The molecule has 1 aliphatic heterocycles. The second kappa shape index (κ2) is 10.4. The lowest BCUT2D eigenvalue weighted by Gasteiger charge is -2.29. The number of nitro benzene ring substituents is 1. The van der Waals surface area contributed by atoms with Crippen molar-refractivity contribution in [3.05, 3.63) is 63.2 Å². The standard InChI is InChI=1S/C20H21ClN4O4S/c1-14(30-18-5-2-16(21)3-6-18)20(26)23-22-13-15-12-17(25(27)28)4-7-19(15)24-8-10-29-11-9-24/h2-7,12-14H,8-11H2,1H3,(H,23,26)/b22-13+. The second-order valence-corrected chi connectivity index (χ2v) is 8.40. The Morgan fingerprint density at radius 2 is 2.00 bits per heavy atom. The van der Waals surface area contributed by atoms with Gasteiger partial charge in [0.2, 0.25) is 0 Å². The van der Waals surface area contributed by atoms with E-state index in [0.717, 1.165) is 10.6 Å². The molecule has 0 bridgehead atoms. The van der Waals surface area contributed by atoms with E-state index in [9.17, 15) is 14.9 Å². The molecule has 0 saturated carbocycles. The number of hydrogen-bond acceptors (Lipinski definition) is 7. The third kappa shape index (κ3) is 5.94. The number of non-ortho nitro benzene ring substituents is 1. The molecule has 0 aromatic heterocycles. The van der Waals surface area contributed by atoms with Crippen LogP contribution < -0.4 is 10.3 Å². The Balaban J connectivity index is 1.68. The number of hydrogen-bond donors (Lipinski definition) is 1. The van der Waals surface area contributed by atoms with Crippen molar-refractivity contribution in [2.45, 2.75) is 17.1 Å². The largest absolute Gasteiger partial charge is 0.378 e. The Hall–Kier alpha value is -2.62. The van der Waals surface area contributed by atoms with E-state index in [1.54, 1.807) is 25.1 Å². The molecule has 30 heavy (non-hydrogen) atoms. The lowest BCUT2D eigenvalue weighted by Crippen LogP contribution is -2.36. The van der Waals surface area contributed by atoms with Crippen molar-refractivity contribution < 1.29 is 14.5 Å². The Kier molecular flexibility index (Phi) is 7.67. The zero-order chi connectivity index (χ0) is 21.5. The average Bonchev–Trinajstić information content (AvgIpc) is 2.75. The normalized spacial score (nSPS) is 15.2. The first-order valence-electron chi connectivity index (χ1n) is 9.30. The minimum absolute atomic E-state index is 0.0357. The van der Waals surface area contributed by atoms with Gasteiger partial charge in [0.1, 0.15) is 0 Å². The molecule has 1 unspecified atom stereocenters. The summed E-state index contributed by atoms with van der Waals surface area (Å²) in [5, 5.41) is 15.4. The summed E-state index contributed by atoms with van der Waals surface area (Å²) in [7, 11) is 0. The third-order valence-electron chi connectivity index (χ3n) is 4.45. The van der Waals surface area contributed by atoms with Gasteiger partial charge in [-0.3, -0.25) is 14.9 Å². The molecule has 1 fully saturated rings. The molecule has 3 rings (SSSR count). The number of benzene rings is 2. The summed E-state index contributed by atoms with van der Waals surface area (Å²) in [5.41, 5.74) is 3.85. The van der Waals surface area contributed by atoms with Crippen molar-refractivity contribution >= 4 is 46.9 Å². The maximum absolute atomic E-state index is 12.4. The maximum atomic E-state index is 12.4. The van der Waals surface area contributed by atoms with Gasteiger partial charge in [0.15, 0.2) is 0 Å². The maximum Gasteiger partial charge on any atom is 0.270 e. The fourth-order valence-electron chi connectivity index (χ4n) is 2.88. The highest BCUT2D eigenvalue weighted by Crippen LogP contribution is 2.26. The van der Waals surface area contributed by atoms with Gasteiger partial charge in [0, 0.05) is 46.4 Å². The van der Waals surface area contributed by atoms with Gasteiger partial charge < -0.3 is 9.64 Å². The first-order chi connectivity index (χ1) is 14.4. The van der Waals surface area contributed by atoms with Crippen LogP contribution in [0, 0.1) is 10.1 Å². The van der Waals surface area contributed by atoms with Gasteiger partial charge >= 0.3 is 0 Å². The van der Waals surface area contributed by atoms with Crippen molar-refractivity contribution in [2.24, 2.45) is 5.10 Å². The van der Waals surface area contributed by atoms with Crippen molar-refractivity contribution in [1.82, 2.24) is 5.43 Å². The molecule has 1 N–H and O–H groups in total. The third-order valence-corrected chi connectivity index (χ3v) is 5.81. The van der Waals surface area contributed by atoms with Crippen LogP contribution in [-0.4, -0.2) is 48.6 Å². The zero-order valence-corrected chi connectivity index (χ0v) is 17.9. The summed E-state index contributed by atoms with van der Waals surface area (Å²) in [4.78, 5) is 26.1. The Morgan fingerprint density at radius 1 is 1.30 bits per heavy atom. The van der Waals surface area contributed by atoms with Gasteiger partial charge in [-0.1, -0.05) is 11.6 Å². The molecule has 1 aliphatic rings. The number of nitrogens with one attached hydrogen (secondary N) is 1. The molecule has 158 valence electrons. The number of carbonyl (C=O) groups is 1. The molecule has 0 radical (unpaired) electrons. The molecular formula is C20H21ClN4O4S. The lowest BCUT2D eigenvalue weighted by molar-refractivity contribution is -0.384. The molecule has 1 amide bonds. The van der Waals surface area contributed by atoms with Gasteiger partial charge in [-0.15, -0.1) is 11.8 Å². The molecule has 0 spiro atoms. The number of morpholine rings is 1. The number of nitro groups is 1. The number of ether oxygens (including phenoxy) is 1. The number of thioether (sulfide) groups is 1. The van der Waals surface area contributed by atoms with Gasteiger partial charge in [-0.25, -0.2) is 5.43 Å². The molecule has 10 heteroatoms. The predicted molar refractivity (Wildman–Crippen MR) is 119 cm³/mol. The number of amides is 1. The lowest BCUT2D eigenvalue weighted by atomic mass is 10.1. The van der Waals surface area contributed by atoms with Gasteiger partial charge in [0.05, 0.1) is 29.6 Å². The molecule has 1 saturated heterocycles. The van der Waals surface area contributed by atoms with E-state index >= 15 is 0 Å². The molecule has 8 nitrogen and oxygen atoms in total. The van der Waals surface area contributed by atoms with E-state index < -0.39 is 4.92 Å². The summed E-state index contributed by atoms with van der Waals surface area (Å²) in [6.07, 6.45) is 1.44. The number of anilines is 1. The van der Waals surface area contributed by atoms with E-state index in [1.165, 1.54) is 30.1 Å². The Labute approximate surface area is 183 Å². The van der Waals surface area contributed by atoms with Crippen LogP contribution in [0.4, 0.5) is 11.4 Å². The highest BCUT2D eigenvalue weighted by Gasteiger charge is 2.18. The summed E-state index contributed by atoms with van der Waals surface area (Å²) in [6.45, 7) is 4.31. The van der Waals surface area contributed by atoms with Crippen LogP contribution in [0.3, 0.4) is 0 Å². The zero-order valence-electron chi connectivity index (χ0n) is 16.3. The van der Waals surface area contributed by atoms with E-state index in [0.29, 0.717) is 36.9 Å². The van der Waals surface area contributed by atoms with Crippen LogP contribution in [0.25, 0.3) is 0 Å². The van der Waals surface area contributed by atoms with Crippen molar-refractivity contribution in [3.8, 4) is 0 Å². The molecule has 1 atom stereocenters. The van der Waals surface area contributed by atoms with Crippen molar-refractivity contribution in [2.75, 3.05) is 31.2 Å². The van der Waals surface area contributed by atoms with Crippen molar-refractivity contribution in [3.63, 3.8) is 0 Å². The van der Waals surface area contributed by atoms with E-state index in [1.807, 2.05) is 12.1 Å². The monoisotopic (exact) mass is 448 g/mol. The second-order valence-electron chi connectivity index (χ2n) is 6.55. The number of hydrazone groups is 1. The summed E-state index contributed by atoms with van der Waals surface area (Å²) in [6, 6.07) is 11.8. The SMILES string of the molecule is CC(Sc1ccc(Cl)cc1)C(=O)N/N=C/c1cc([N+](=O)[O-])ccc1N1CCOCC1. The topological polar surface area (TPSA) is 97.1 Å². The number of nitrogens with zero attached hydrogens (tertiary/aromatic N) is 3. The van der Waals surface area contributed by atoms with Gasteiger partial charge in [-0.2, -0.15) is 5.10 Å². The summed E-state index contributed by atoms with van der Waals surface area (Å²) < 4.78 is 5.37. The van der Waals surface area contributed by atoms with Crippen LogP contribution in [0.5, 0.6) is 0 Å². The Morgan fingerprint density at radius 3 is 2.67 bits per heavy atom. The molecule has 0 aliphatic carbocycles. The average molecular weight is 449 g/mol. The van der Waals surface area contributed by atoms with E-state index in [4.69, 9.17) is 16.3 Å². The quantitative estimate of drug-likeness (QED) is 0.300. The van der Waals surface area contributed by atoms with Crippen LogP contribution in [0.2, 0.25) is 5.02 Å². The van der Waals surface area contributed by atoms with Crippen LogP contribution >= 0.6 is 23.4 Å². The van der Waals surface area contributed by atoms with E-state index in [2.05, 4.69) is 15.4 Å². The summed E-state index contributed by atoms with van der Waals surface area (Å²) >= 11 is 7.26.